The second kappa shape index (κ2) is 5.47. The molecule has 0 saturated heterocycles. The molecule has 0 aromatic heterocycles. The molecule has 15 heavy (non-hydrogen) atoms. The maximum absolute atomic E-state index is 10.8. The molecule has 0 aliphatic carbocycles. The van der Waals surface area contributed by atoms with Gasteiger partial charge in [-0.15, -0.1) is 0 Å². The SMILES string of the molecule is COc1cc(C=C(Br)Br)c(C)cc1C=O. The van der Waals surface area contributed by atoms with Crippen LogP contribution in [-0.2, 0) is 0 Å². The molecule has 0 aliphatic heterocycles. The molecule has 0 radical (unpaired) electrons. The maximum atomic E-state index is 10.8. The van der Waals surface area contributed by atoms with E-state index >= 15 is 0 Å². The van der Waals surface area contributed by atoms with E-state index in [-0.39, 0.29) is 0 Å². The lowest BCUT2D eigenvalue weighted by atomic mass is 10.0. The third-order valence-electron chi connectivity index (χ3n) is 2.01. The van der Waals surface area contributed by atoms with Crippen molar-refractivity contribution >= 4 is 44.2 Å². The van der Waals surface area contributed by atoms with Crippen molar-refractivity contribution in [3.8, 4) is 5.75 Å². The van der Waals surface area contributed by atoms with Gasteiger partial charge in [-0.25, -0.2) is 0 Å². The molecule has 0 fully saturated rings. The molecule has 4 heteroatoms. The summed E-state index contributed by atoms with van der Waals surface area (Å²) in [6.07, 6.45) is 2.70. The molecule has 0 heterocycles. The fourth-order valence-corrected chi connectivity index (χ4v) is 1.76. The molecular formula is C11H10Br2O2. The normalized spacial score (nSPS) is 9.60. The lowest BCUT2D eigenvalue weighted by Crippen LogP contribution is -1.93. The quantitative estimate of drug-likeness (QED) is 0.784. The highest BCUT2D eigenvalue weighted by Gasteiger charge is 2.05. The van der Waals surface area contributed by atoms with E-state index in [2.05, 4.69) is 31.9 Å². The Balaban J connectivity index is 3.31. The van der Waals surface area contributed by atoms with Gasteiger partial charge in [0.15, 0.2) is 6.29 Å². The van der Waals surface area contributed by atoms with Crippen LogP contribution in [0.5, 0.6) is 5.75 Å². The fourth-order valence-electron chi connectivity index (χ4n) is 1.27. The average Bonchev–Trinajstić information content (AvgIpc) is 2.19. The van der Waals surface area contributed by atoms with Gasteiger partial charge >= 0.3 is 0 Å². The number of aryl methyl sites for hydroxylation is 1. The zero-order valence-corrected chi connectivity index (χ0v) is 11.6. The van der Waals surface area contributed by atoms with Gasteiger partial charge in [0, 0.05) is 0 Å². The Morgan fingerprint density at radius 3 is 2.47 bits per heavy atom. The van der Waals surface area contributed by atoms with Gasteiger partial charge in [-0.3, -0.25) is 4.79 Å². The first kappa shape index (κ1) is 12.5. The first-order valence-electron chi connectivity index (χ1n) is 4.25. The predicted molar refractivity (Wildman–Crippen MR) is 68.9 cm³/mol. The van der Waals surface area contributed by atoms with Crippen molar-refractivity contribution in [2.75, 3.05) is 7.11 Å². The van der Waals surface area contributed by atoms with E-state index in [1.54, 1.807) is 13.2 Å². The van der Waals surface area contributed by atoms with Gasteiger partial charge in [0.1, 0.15) is 5.75 Å². The molecule has 0 spiro atoms. The van der Waals surface area contributed by atoms with E-state index in [4.69, 9.17) is 4.74 Å². The highest BCUT2D eigenvalue weighted by Crippen LogP contribution is 2.26. The summed E-state index contributed by atoms with van der Waals surface area (Å²) in [6.45, 7) is 1.95. The molecule has 2 nitrogen and oxygen atoms in total. The summed E-state index contributed by atoms with van der Waals surface area (Å²) >= 11 is 6.59. The van der Waals surface area contributed by atoms with Crippen molar-refractivity contribution in [1.82, 2.24) is 0 Å². The first-order chi connectivity index (χ1) is 7.08. The Labute approximate surface area is 106 Å². The standard InChI is InChI=1S/C11H10Br2O2/c1-7-3-9(6-14)10(15-2)4-8(7)5-11(12)13/h3-6H,1-2H3. The topological polar surface area (TPSA) is 26.3 Å². The van der Waals surface area contributed by atoms with Crippen molar-refractivity contribution in [3.05, 3.63) is 32.2 Å². The van der Waals surface area contributed by atoms with Crippen molar-refractivity contribution in [2.45, 2.75) is 6.92 Å². The maximum Gasteiger partial charge on any atom is 0.153 e. The first-order valence-corrected chi connectivity index (χ1v) is 5.83. The smallest absolute Gasteiger partial charge is 0.153 e. The average molecular weight is 334 g/mol. The Hall–Kier alpha value is -0.610. The summed E-state index contributed by atoms with van der Waals surface area (Å²) in [6, 6.07) is 3.64. The number of halogens is 2. The number of hydrogen-bond acceptors (Lipinski definition) is 2. The third kappa shape index (κ3) is 3.18. The van der Waals surface area contributed by atoms with E-state index in [1.807, 2.05) is 19.1 Å². The molecule has 0 unspecified atom stereocenters. The van der Waals surface area contributed by atoms with Crippen LogP contribution in [0.3, 0.4) is 0 Å². The van der Waals surface area contributed by atoms with Crippen LogP contribution in [0.15, 0.2) is 15.5 Å². The Bertz CT molecular complexity index is 407. The summed E-state index contributed by atoms with van der Waals surface area (Å²) in [7, 11) is 1.55. The van der Waals surface area contributed by atoms with E-state index < -0.39 is 0 Å². The van der Waals surface area contributed by atoms with Crippen LogP contribution in [0.2, 0.25) is 0 Å². The van der Waals surface area contributed by atoms with E-state index in [0.29, 0.717) is 11.3 Å². The van der Waals surface area contributed by atoms with Crippen LogP contribution in [0.4, 0.5) is 0 Å². The zero-order chi connectivity index (χ0) is 11.4. The fraction of sp³-hybridized carbons (Fsp3) is 0.182. The van der Waals surface area contributed by atoms with E-state index in [1.165, 1.54) is 0 Å². The molecular weight excluding hydrogens is 324 g/mol. The van der Waals surface area contributed by atoms with Crippen LogP contribution in [0.1, 0.15) is 21.5 Å². The van der Waals surface area contributed by atoms with Gasteiger partial charge in [0.25, 0.3) is 0 Å². The second-order valence-electron chi connectivity index (χ2n) is 3.00. The van der Waals surface area contributed by atoms with E-state index in [0.717, 1.165) is 20.8 Å². The Morgan fingerprint density at radius 1 is 1.33 bits per heavy atom. The molecule has 0 atom stereocenters. The number of ether oxygens (including phenoxy) is 1. The predicted octanol–water partition coefficient (Wildman–Crippen LogP) is 3.90. The van der Waals surface area contributed by atoms with Gasteiger partial charge in [-0.1, -0.05) is 0 Å². The number of methoxy groups -OCH3 is 1. The third-order valence-corrected chi connectivity index (χ3v) is 2.47. The monoisotopic (exact) mass is 332 g/mol. The number of rotatable bonds is 3. The molecule has 0 N–H and O–H groups in total. The van der Waals surface area contributed by atoms with Crippen LogP contribution in [-0.4, -0.2) is 13.4 Å². The summed E-state index contributed by atoms with van der Waals surface area (Å²) < 4.78 is 5.97. The molecule has 0 bridgehead atoms. The van der Waals surface area contributed by atoms with Crippen LogP contribution in [0, 0.1) is 6.92 Å². The zero-order valence-electron chi connectivity index (χ0n) is 8.38. The van der Waals surface area contributed by atoms with Gasteiger partial charge in [0.2, 0.25) is 0 Å². The van der Waals surface area contributed by atoms with Gasteiger partial charge in [-0.05, 0) is 68.1 Å². The van der Waals surface area contributed by atoms with Crippen molar-refractivity contribution in [1.29, 1.82) is 0 Å². The summed E-state index contributed by atoms with van der Waals surface area (Å²) in [4.78, 5) is 10.8. The molecule has 1 rings (SSSR count). The van der Waals surface area contributed by atoms with E-state index in [9.17, 15) is 4.79 Å². The van der Waals surface area contributed by atoms with Crippen molar-refractivity contribution in [2.24, 2.45) is 0 Å². The number of carbonyl (C=O) groups excluding carboxylic acids is 1. The van der Waals surface area contributed by atoms with Crippen molar-refractivity contribution in [3.63, 3.8) is 0 Å². The minimum Gasteiger partial charge on any atom is -0.496 e. The molecule has 0 saturated carbocycles. The lowest BCUT2D eigenvalue weighted by Gasteiger charge is -2.07. The lowest BCUT2D eigenvalue weighted by molar-refractivity contribution is 0.112. The number of aldehydes is 1. The van der Waals surface area contributed by atoms with Gasteiger partial charge < -0.3 is 4.74 Å². The molecule has 0 aliphatic rings. The Kier molecular flexibility index (Phi) is 4.54. The number of carbonyl (C=O) groups is 1. The molecule has 1 aromatic rings. The number of hydrogen-bond donors (Lipinski definition) is 0. The highest BCUT2D eigenvalue weighted by atomic mass is 79.9. The number of benzene rings is 1. The molecule has 1 aromatic carbocycles. The molecule has 0 amide bonds. The molecule has 80 valence electrons. The Morgan fingerprint density at radius 2 is 2.00 bits per heavy atom. The summed E-state index contributed by atoms with van der Waals surface area (Å²) in [5.41, 5.74) is 2.59. The second-order valence-corrected chi connectivity index (χ2v) is 5.78. The largest absolute Gasteiger partial charge is 0.496 e. The van der Waals surface area contributed by atoms with Gasteiger partial charge in [0.05, 0.1) is 16.1 Å². The minimum absolute atomic E-state index is 0.567. The summed E-state index contributed by atoms with van der Waals surface area (Å²) in [5.74, 6) is 0.586. The van der Waals surface area contributed by atoms with Crippen LogP contribution in [0.25, 0.3) is 6.08 Å². The minimum atomic E-state index is 0.567. The van der Waals surface area contributed by atoms with Crippen molar-refractivity contribution < 1.29 is 9.53 Å². The summed E-state index contributed by atoms with van der Waals surface area (Å²) in [5, 5.41) is 0. The highest BCUT2D eigenvalue weighted by molar-refractivity contribution is 9.28. The van der Waals surface area contributed by atoms with Crippen LogP contribution < -0.4 is 4.74 Å². The van der Waals surface area contributed by atoms with Gasteiger partial charge in [-0.2, -0.15) is 0 Å². The van der Waals surface area contributed by atoms with Crippen LogP contribution >= 0.6 is 31.9 Å².